The van der Waals surface area contributed by atoms with Crippen molar-refractivity contribution in [2.75, 3.05) is 27.1 Å². The van der Waals surface area contributed by atoms with Gasteiger partial charge in [0.1, 0.15) is 28.0 Å². The highest BCUT2D eigenvalue weighted by Gasteiger charge is 2.25. The minimum absolute atomic E-state index is 0.194. The third-order valence-corrected chi connectivity index (χ3v) is 6.69. The van der Waals surface area contributed by atoms with Crippen molar-refractivity contribution in [2.45, 2.75) is 0 Å². The van der Waals surface area contributed by atoms with E-state index in [0.29, 0.717) is 39.2 Å². The Bertz CT molecular complexity index is 1550. The van der Waals surface area contributed by atoms with Gasteiger partial charge in [-0.3, -0.25) is 4.79 Å². The largest absolute Gasteiger partial charge is 0.497 e. The lowest BCUT2D eigenvalue weighted by Gasteiger charge is -2.08. The van der Waals surface area contributed by atoms with Gasteiger partial charge in [-0.1, -0.05) is 18.2 Å². The van der Waals surface area contributed by atoms with E-state index >= 15 is 0 Å². The van der Waals surface area contributed by atoms with Gasteiger partial charge in [-0.2, -0.15) is 0 Å². The van der Waals surface area contributed by atoms with E-state index in [2.05, 4.69) is 0 Å². The van der Waals surface area contributed by atoms with Crippen molar-refractivity contribution in [1.82, 2.24) is 9.38 Å². The fourth-order valence-corrected chi connectivity index (χ4v) is 5.00. The third kappa shape index (κ3) is 3.87. The number of ether oxygens (including phenoxy) is 3. The minimum Gasteiger partial charge on any atom is -0.497 e. The summed E-state index contributed by atoms with van der Waals surface area (Å²) < 4.78 is 18.0. The van der Waals surface area contributed by atoms with Crippen LogP contribution in [0.4, 0.5) is 5.69 Å². The zero-order valence-corrected chi connectivity index (χ0v) is 20.3. The lowest BCUT2D eigenvalue weighted by atomic mass is 10.1. The molecule has 5 aromatic rings. The van der Waals surface area contributed by atoms with Gasteiger partial charge in [0.05, 0.1) is 43.8 Å². The molecule has 8 heteroatoms. The molecule has 0 atom stereocenters. The fraction of sp³-hybridized carbons (Fsp3) is 0.111. The van der Waals surface area contributed by atoms with Crippen LogP contribution in [0.25, 0.3) is 27.3 Å². The summed E-state index contributed by atoms with van der Waals surface area (Å²) in [6.07, 6.45) is 1.84. The first-order valence-corrected chi connectivity index (χ1v) is 11.7. The van der Waals surface area contributed by atoms with E-state index in [-0.39, 0.29) is 5.78 Å². The van der Waals surface area contributed by atoms with Crippen molar-refractivity contribution < 1.29 is 19.0 Å². The molecule has 5 rings (SSSR count). The van der Waals surface area contributed by atoms with Crippen molar-refractivity contribution in [2.24, 2.45) is 0 Å². The van der Waals surface area contributed by atoms with Crippen molar-refractivity contribution >= 4 is 28.3 Å². The van der Waals surface area contributed by atoms with Gasteiger partial charge < -0.3 is 24.3 Å². The van der Waals surface area contributed by atoms with Crippen LogP contribution >= 0.6 is 11.3 Å². The standard InChI is InChI=1S/C27H23N3O4S/c1-32-17-8-6-7-16(13-17)26(31)25-24(28)23(21-9-4-5-12-30(21)25)27-29-20(15-35-27)19-14-18(33-2)10-11-22(19)34-3/h4-15H,28H2,1-3H3. The summed E-state index contributed by atoms with van der Waals surface area (Å²) in [5, 5.41) is 2.65. The summed E-state index contributed by atoms with van der Waals surface area (Å²) in [6, 6.07) is 18.3. The molecule has 0 bridgehead atoms. The summed E-state index contributed by atoms with van der Waals surface area (Å²) in [5.74, 6) is 1.80. The van der Waals surface area contributed by atoms with Crippen LogP contribution in [0.15, 0.2) is 72.2 Å². The normalized spacial score (nSPS) is 10.9. The highest BCUT2D eigenvalue weighted by atomic mass is 32.1. The maximum absolute atomic E-state index is 13.6. The molecule has 3 aromatic heterocycles. The summed E-state index contributed by atoms with van der Waals surface area (Å²) in [6.45, 7) is 0. The number of carbonyl (C=O) groups is 1. The Morgan fingerprint density at radius 2 is 1.74 bits per heavy atom. The third-order valence-electron chi connectivity index (χ3n) is 5.83. The quantitative estimate of drug-likeness (QED) is 0.303. The number of aromatic nitrogens is 2. The van der Waals surface area contributed by atoms with Crippen molar-refractivity contribution in [3.05, 3.63) is 83.5 Å². The average molecular weight is 486 g/mol. The Morgan fingerprint density at radius 1 is 0.943 bits per heavy atom. The molecule has 0 saturated heterocycles. The van der Waals surface area contributed by atoms with Gasteiger partial charge in [0.25, 0.3) is 0 Å². The van der Waals surface area contributed by atoms with E-state index in [0.717, 1.165) is 22.3 Å². The molecule has 3 heterocycles. The highest BCUT2D eigenvalue weighted by Crippen LogP contribution is 2.41. The number of hydrogen-bond donors (Lipinski definition) is 1. The lowest BCUT2D eigenvalue weighted by molar-refractivity contribution is 0.103. The molecule has 2 N–H and O–H groups in total. The molecule has 0 unspecified atom stereocenters. The predicted molar refractivity (Wildman–Crippen MR) is 138 cm³/mol. The zero-order valence-electron chi connectivity index (χ0n) is 19.4. The topological polar surface area (TPSA) is 88.1 Å². The molecule has 35 heavy (non-hydrogen) atoms. The number of ketones is 1. The summed E-state index contributed by atoms with van der Waals surface area (Å²) >= 11 is 1.45. The number of pyridine rings is 1. The first kappa shape index (κ1) is 22.5. The Balaban J connectivity index is 1.65. The van der Waals surface area contributed by atoms with Crippen LogP contribution in [0.2, 0.25) is 0 Å². The minimum atomic E-state index is -0.194. The number of rotatable bonds is 7. The molecule has 0 aliphatic rings. The first-order chi connectivity index (χ1) is 17.0. The molecule has 0 aliphatic carbocycles. The Labute approximate surface area is 206 Å². The molecular weight excluding hydrogens is 462 g/mol. The number of thiazole rings is 1. The van der Waals surface area contributed by atoms with Gasteiger partial charge in [0.2, 0.25) is 5.78 Å². The second-order valence-corrected chi connectivity index (χ2v) is 8.62. The van der Waals surface area contributed by atoms with Gasteiger partial charge in [0, 0.05) is 22.7 Å². The second kappa shape index (κ2) is 9.15. The van der Waals surface area contributed by atoms with Crippen LogP contribution in [0, 0.1) is 0 Å². The molecule has 0 fully saturated rings. The van der Waals surface area contributed by atoms with Crippen molar-refractivity contribution in [3.63, 3.8) is 0 Å². The van der Waals surface area contributed by atoms with Crippen LogP contribution in [-0.2, 0) is 0 Å². The van der Waals surface area contributed by atoms with Gasteiger partial charge in [-0.05, 0) is 42.5 Å². The van der Waals surface area contributed by atoms with E-state index in [1.165, 1.54) is 11.3 Å². The van der Waals surface area contributed by atoms with E-state index < -0.39 is 0 Å². The molecule has 7 nitrogen and oxygen atoms in total. The number of benzene rings is 2. The Kier molecular flexibility index (Phi) is 5.88. The van der Waals surface area contributed by atoms with Crippen LogP contribution in [0.5, 0.6) is 17.2 Å². The summed E-state index contributed by atoms with van der Waals surface area (Å²) in [7, 11) is 4.81. The summed E-state index contributed by atoms with van der Waals surface area (Å²) in [4.78, 5) is 18.4. The van der Waals surface area contributed by atoms with Crippen LogP contribution < -0.4 is 19.9 Å². The number of fused-ring (bicyclic) bond motifs is 1. The van der Waals surface area contributed by atoms with Crippen LogP contribution in [0.1, 0.15) is 16.1 Å². The maximum Gasteiger partial charge on any atom is 0.212 e. The Morgan fingerprint density at radius 3 is 2.51 bits per heavy atom. The number of nitrogens with zero attached hydrogens (tertiary/aromatic N) is 2. The monoisotopic (exact) mass is 485 g/mol. The van der Waals surface area contributed by atoms with Gasteiger partial charge in [-0.25, -0.2) is 4.98 Å². The average Bonchev–Trinajstić information content (AvgIpc) is 3.49. The number of nitrogens with two attached hydrogens (primary N) is 1. The highest BCUT2D eigenvalue weighted by molar-refractivity contribution is 7.13. The molecule has 0 radical (unpaired) electrons. The molecule has 0 amide bonds. The fourth-order valence-electron chi connectivity index (χ4n) is 4.11. The van der Waals surface area contributed by atoms with Crippen LogP contribution in [-0.4, -0.2) is 36.5 Å². The second-order valence-electron chi connectivity index (χ2n) is 7.76. The van der Waals surface area contributed by atoms with E-state index in [1.807, 2.05) is 52.4 Å². The van der Waals surface area contributed by atoms with Gasteiger partial charge in [0.15, 0.2) is 0 Å². The van der Waals surface area contributed by atoms with Crippen molar-refractivity contribution in [3.8, 4) is 39.1 Å². The summed E-state index contributed by atoms with van der Waals surface area (Å²) in [5.41, 5.74) is 11.0. The number of hydrogen-bond acceptors (Lipinski definition) is 7. The molecule has 2 aromatic carbocycles. The van der Waals surface area contributed by atoms with Crippen molar-refractivity contribution in [1.29, 1.82) is 0 Å². The number of nitrogen functional groups attached to an aromatic ring is 1. The van der Waals surface area contributed by atoms with Gasteiger partial charge in [-0.15, -0.1) is 11.3 Å². The van der Waals surface area contributed by atoms with Crippen LogP contribution in [0.3, 0.4) is 0 Å². The maximum atomic E-state index is 13.6. The molecule has 0 saturated carbocycles. The molecule has 176 valence electrons. The molecular formula is C27H23N3O4S. The van der Waals surface area contributed by atoms with E-state index in [9.17, 15) is 4.79 Å². The number of methoxy groups -OCH3 is 3. The molecule has 0 spiro atoms. The van der Waals surface area contributed by atoms with Gasteiger partial charge >= 0.3 is 0 Å². The predicted octanol–water partition coefficient (Wildman–Crippen LogP) is 5.57. The number of anilines is 1. The molecule has 0 aliphatic heterocycles. The first-order valence-electron chi connectivity index (χ1n) is 10.8. The van der Waals surface area contributed by atoms with E-state index in [1.54, 1.807) is 45.6 Å². The zero-order chi connectivity index (χ0) is 24.5. The Hall–Kier alpha value is -4.30. The SMILES string of the molecule is COc1cccc(C(=O)c2c(N)c(-c3nc(-c4cc(OC)ccc4OC)cs3)c3ccccn23)c1. The van der Waals surface area contributed by atoms with E-state index in [4.69, 9.17) is 24.9 Å². The lowest BCUT2D eigenvalue weighted by Crippen LogP contribution is -2.08. The number of carbonyl (C=O) groups excluding carboxylic acids is 1. The smallest absolute Gasteiger partial charge is 0.212 e.